The van der Waals surface area contributed by atoms with Crippen LogP contribution in [0.2, 0.25) is 0 Å². The summed E-state index contributed by atoms with van der Waals surface area (Å²) >= 11 is 0. The number of fused-ring (bicyclic) bond motifs is 3. The zero-order chi connectivity index (χ0) is 24.8. The van der Waals surface area contributed by atoms with Gasteiger partial charge in [0.05, 0.1) is 22.2 Å². The largest absolute Gasteiger partial charge is 0.456 e. The minimum atomic E-state index is 0.633. The van der Waals surface area contributed by atoms with Gasteiger partial charge in [-0.25, -0.2) is 9.97 Å². The minimum absolute atomic E-state index is 0.633. The molecule has 8 aromatic rings. The lowest BCUT2D eigenvalue weighted by Crippen LogP contribution is -1.97. The van der Waals surface area contributed by atoms with Crippen LogP contribution in [-0.2, 0) is 0 Å². The molecule has 4 heteroatoms. The maximum atomic E-state index is 6.55. The van der Waals surface area contributed by atoms with Gasteiger partial charge in [0.25, 0.3) is 0 Å². The second kappa shape index (κ2) is 7.17. The highest BCUT2D eigenvalue weighted by molar-refractivity contribution is 6.25. The smallest absolute Gasteiger partial charge is 0.164 e. The maximum Gasteiger partial charge on any atom is 0.164 e. The maximum absolute atomic E-state index is 6.55. The van der Waals surface area contributed by atoms with E-state index in [1.54, 1.807) is 0 Å². The molecule has 1 aliphatic heterocycles. The van der Waals surface area contributed by atoms with Crippen LogP contribution in [0.3, 0.4) is 0 Å². The molecule has 0 fully saturated rings. The van der Waals surface area contributed by atoms with Gasteiger partial charge in [-0.3, -0.25) is 0 Å². The van der Waals surface area contributed by atoms with Gasteiger partial charge in [0.1, 0.15) is 22.7 Å². The van der Waals surface area contributed by atoms with E-state index in [-0.39, 0.29) is 0 Å². The molecule has 0 amide bonds. The predicted octanol–water partition coefficient (Wildman–Crippen LogP) is 9.28. The number of furan rings is 1. The molecule has 0 aliphatic carbocycles. The number of aromatic nitrogens is 2. The molecule has 3 heterocycles. The van der Waals surface area contributed by atoms with E-state index in [4.69, 9.17) is 19.1 Å². The molecule has 4 nitrogen and oxygen atoms in total. The first kappa shape index (κ1) is 19.9. The van der Waals surface area contributed by atoms with Gasteiger partial charge in [-0.15, -0.1) is 0 Å². The Labute approximate surface area is 216 Å². The summed E-state index contributed by atoms with van der Waals surface area (Å²) in [6.45, 7) is 0. The molecule has 0 radical (unpaired) electrons. The first-order valence-corrected chi connectivity index (χ1v) is 12.7. The summed E-state index contributed by atoms with van der Waals surface area (Å²) < 4.78 is 12.9. The monoisotopic (exact) mass is 486 g/mol. The van der Waals surface area contributed by atoms with E-state index >= 15 is 0 Å². The van der Waals surface area contributed by atoms with Crippen molar-refractivity contribution in [2.45, 2.75) is 0 Å². The highest BCUT2D eigenvalue weighted by atomic mass is 16.5. The number of hydrogen-bond donors (Lipinski definition) is 0. The molecule has 0 atom stereocenters. The lowest BCUT2D eigenvalue weighted by molar-refractivity contribution is 0.493. The highest BCUT2D eigenvalue weighted by Gasteiger charge is 2.26. The zero-order valence-corrected chi connectivity index (χ0v) is 20.1. The normalized spacial score (nSPS) is 12.4. The van der Waals surface area contributed by atoms with E-state index in [0.29, 0.717) is 5.82 Å². The van der Waals surface area contributed by atoms with Gasteiger partial charge in [0, 0.05) is 27.1 Å². The molecule has 0 saturated carbocycles. The van der Waals surface area contributed by atoms with Gasteiger partial charge in [-0.05, 0) is 41.1 Å². The molecule has 38 heavy (non-hydrogen) atoms. The van der Waals surface area contributed by atoms with Gasteiger partial charge < -0.3 is 9.15 Å². The van der Waals surface area contributed by atoms with Crippen LogP contribution in [0, 0.1) is 0 Å². The average molecular weight is 487 g/mol. The van der Waals surface area contributed by atoms with Crippen molar-refractivity contribution in [1.82, 2.24) is 9.97 Å². The zero-order valence-electron chi connectivity index (χ0n) is 20.1. The average Bonchev–Trinajstić information content (AvgIpc) is 3.38. The van der Waals surface area contributed by atoms with Crippen molar-refractivity contribution in [2.75, 3.05) is 0 Å². The van der Waals surface area contributed by atoms with E-state index in [0.717, 1.165) is 82.7 Å². The molecule has 9 rings (SSSR count). The molecule has 0 spiro atoms. The molecule has 0 bridgehead atoms. The predicted molar refractivity (Wildman–Crippen MR) is 153 cm³/mol. The lowest BCUT2D eigenvalue weighted by atomic mass is 9.98. The van der Waals surface area contributed by atoms with E-state index in [1.807, 2.05) is 48.5 Å². The van der Waals surface area contributed by atoms with Crippen LogP contribution in [0.5, 0.6) is 11.5 Å². The molecule has 0 N–H and O–H groups in total. The number of nitrogens with zero attached hydrogens (tertiary/aromatic N) is 2. The van der Waals surface area contributed by atoms with Crippen molar-refractivity contribution in [3.63, 3.8) is 0 Å². The Kier molecular flexibility index (Phi) is 3.76. The Morgan fingerprint density at radius 3 is 2.29 bits per heavy atom. The fraction of sp³-hybridized carbons (Fsp3) is 0. The molecule has 176 valence electrons. The van der Waals surface area contributed by atoms with Crippen molar-refractivity contribution in [3.8, 4) is 34.1 Å². The molecule has 0 saturated heterocycles. The molecule has 6 aromatic carbocycles. The van der Waals surface area contributed by atoms with Crippen molar-refractivity contribution in [3.05, 3.63) is 109 Å². The van der Waals surface area contributed by atoms with E-state index in [1.165, 1.54) is 0 Å². The lowest BCUT2D eigenvalue weighted by Gasteiger charge is -2.16. The number of benzene rings is 6. The Morgan fingerprint density at radius 2 is 1.34 bits per heavy atom. The van der Waals surface area contributed by atoms with Crippen LogP contribution < -0.4 is 4.74 Å². The summed E-state index contributed by atoms with van der Waals surface area (Å²) in [7, 11) is 0. The van der Waals surface area contributed by atoms with Gasteiger partial charge in [0.2, 0.25) is 0 Å². The molecular weight excluding hydrogens is 468 g/mol. The third-order valence-electron chi connectivity index (χ3n) is 7.65. The Morgan fingerprint density at radius 1 is 0.526 bits per heavy atom. The minimum Gasteiger partial charge on any atom is -0.456 e. The van der Waals surface area contributed by atoms with Crippen LogP contribution in [0.15, 0.2) is 114 Å². The van der Waals surface area contributed by atoms with E-state index in [9.17, 15) is 0 Å². The molecule has 0 unspecified atom stereocenters. The van der Waals surface area contributed by atoms with Gasteiger partial charge in [-0.2, -0.15) is 0 Å². The number of rotatable bonds is 2. The Bertz CT molecular complexity index is 2270. The Balaban J connectivity index is 1.42. The summed E-state index contributed by atoms with van der Waals surface area (Å²) in [5.74, 6) is 2.28. The second-order valence-electron chi connectivity index (χ2n) is 9.76. The van der Waals surface area contributed by atoms with Crippen LogP contribution in [0.25, 0.3) is 77.0 Å². The van der Waals surface area contributed by atoms with E-state index < -0.39 is 0 Å². The van der Waals surface area contributed by atoms with Crippen molar-refractivity contribution < 1.29 is 9.15 Å². The standard InChI is InChI=1S/C34H18N2O2/c1-2-8-21(9-3-1)31-23-15-13-19-7-4-5-11-22(19)32(23)36-34(35-31)24-16-18-27-30-29-26(38-33(24)30)17-14-20-10-6-12-25(37-27)28(20)29/h1-18H. The van der Waals surface area contributed by atoms with Crippen molar-refractivity contribution >= 4 is 54.4 Å². The van der Waals surface area contributed by atoms with Gasteiger partial charge in [-0.1, -0.05) is 78.9 Å². The summed E-state index contributed by atoms with van der Waals surface area (Å²) in [5, 5.41) is 7.56. The van der Waals surface area contributed by atoms with Crippen LogP contribution >= 0.6 is 0 Å². The topological polar surface area (TPSA) is 48.2 Å². The summed E-state index contributed by atoms with van der Waals surface area (Å²) in [6.07, 6.45) is 0. The quantitative estimate of drug-likeness (QED) is 0.228. The second-order valence-corrected chi connectivity index (χ2v) is 9.76. The van der Waals surface area contributed by atoms with Crippen LogP contribution in [0.4, 0.5) is 0 Å². The summed E-state index contributed by atoms with van der Waals surface area (Å²) in [6, 6.07) is 37.3. The molecular formula is C34H18N2O2. The van der Waals surface area contributed by atoms with Gasteiger partial charge >= 0.3 is 0 Å². The van der Waals surface area contributed by atoms with E-state index in [2.05, 4.69) is 60.7 Å². The fourth-order valence-electron chi connectivity index (χ4n) is 5.94. The SMILES string of the molecule is c1ccc(-c2nc(-c3ccc4c5c3oc3ccc6cccc(c6c35)O4)nc3c2ccc2ccccc23)cc1. The number of ether oxygens (including phenoxy) is 1. The van der Waals surface area contributed by atoms with Crippen molar-refractivity contribution in [1.29, 1.82) is 0 Å². The molecule has 2 aromatic heterocycles. The highest BCUT2D eigenvalue weighted by Crippen LogP contribution is 2.50. The van der Waals surface area contributed by atoms with Gasteiger partial charge in [0.15, 0.2) is 5.82 Å². The molecule has 1 aliphatic rings. The Hall–Kier alpha value is -5.22. The van der Waals surface area contributed by atoms with Crippen LogP contribution in [0.1, 0.15) is 0 Å². The summed E-state index contributed by atoms with van der Waals surface area (Å²) in [4.78, 5) is 10.3. The number of hydrogen-bond acceptors (Lipinski definition) is 4. The fourth-order valence-corrected chi connectivity index (χ4v) is 5.94. The first-order chi connectivity index (χ1) is 18.8. The van der Waals surface area contributed by atoms with Crippen LogP contribution in [-0.4, -0.2) is 9.97 Å². The first-order valence-electron chi connectivity index (χ1n) is 12.7. The third kappa shape index (κ3) is 2.58. The third-order valence-corrected chi connectivity index (χ3v) is 7.65. The summed E-state index contributed by atoms with van der Waals surface area (Å²) in [5.41, 5.74) is 5.32. The van der Waals surface area contributed by atoms with Crippen molar-refractivity contribution in [2.24, 2.45) is 0 Å².